The summed E-state index contributed by atoms with van der Waals surface area (Å²) in [5.74, 6) is 2.87. The SMILES string of the molecule is CC(=O)C(C[CH]c1ccccc1)C1SCCS1. The lowest BCUT2D eigenvalue weighted by molar-refractivity contribution is -0.120. The van der Waals surface area contributed by atoms with Crippen molar-refractivity contribution in [3.8, 4) is 0 Å². The Kier molecular flexibility index (Phi) is 4.99. The highest BCUT2D eigenvalue weighted by Gasteiger charge is 2.29. The Balaban J connectivity index is 1.92. The van der Waals surface area contributed by atoms with Gasteiger partial charge in [0.25, 0.3) is 0 Å². The van der Waals surface area contributed by atoms with Gasteiger partial charge in [0.1, 0.15) is 5.78 Å². The Morgan fingerprint density at radius 3 is 2.59 bits per heavy atom. The lowest BCUT2D eigenvalue weighted by Crippen LogP contribution is -2.20. The molecule has 1 nitrogen and oxygen atoms in total. The number of hydrogen-bond donors (Lipinski definition) is 0. The van der Waals surface area contributed by atoms with Crippen LogP contribution in [0, 0.1) is 12.3 Å². The normalized spacial score (nSPS) is 18.2. The third kappa shape index (κ3) is 3.78. The molecule has 0 saturated carbocycles. The van der Waals surface area contributed by atoms with Crippen molar-refractivity contribution in [1.82, 2.24) is 0 Å². The minimum atomic E-state index is 0.174. The van der Waals surface area contributed by atoms with Gasteiger partial charge in [0, 0.05) is 17.4 Å². The van der Waals surface area contributed by atoms with E-state index in [1.54, 1.807) is 6.92 Å². The summed E-state index contributed by atoms with van der Waals surface area (Å²) in [7, 11) is 0. The van der Waals surface area contributed by atoms with Gasteiger partial charge < -0.3 is 0 Å². The Morgan fingerprint density at radius 2 is 2.00 bits per heavy atom. The van der Waals surface area contributed by atoms with Gasteiger partial charge in [-0.05, 0) is 25.3 Å². The van der Waals surface area contributed by atoms with E-state index >= 15 is 0 Å². The molecule has 0 aromatic heterocycles. The summed E-state index contributed by atoms with van der Waals surface area (Å²) in [4.78, 5) is 11.7. The van der Waals surface area contributed by atoms with Crippen molar-refractivity contribution in [2.24, 2.45) is 5.92 Å². The largest absolute Gasteiger partial charge is 0.300 e. The molecule has 1 atom stereocenters. The summed E-state index contributed by atoms with van der Waals surface area (Å²) in [6.07, 6.45) is 3.05. The maximum absolute atomic E-state index is 11.7. The summed E-state index contributed by atoms with van der Waals surface area (Å²) in [5.41, 5.74) is 1.21. The zero-order chi connectivity index (χ0) is 12.1. The van der Waals surface area contributed by atoms with E-state index in [-0.39, 0.29) is 5.92 Å². The average Bonchev–Trinajstić information content (AvgIpc) is 2.84. The van der Waals surface area contributed by atoms with E-state index in [2.05, 4.69) is 18.6 Å². The first-order chi connectivity index (χ1) is 8.27. The van der Waals surface area contributed by atoms with Crippen LogP contribution in [0.15, 0.2) is 30.3 Å². The molecule has 1 fully saturated rings. The van der Waals surface area contributed by atoms with Crippen LogP contribution in [0.2, 0.25) is 0 Å². The molecular weight excluding hydrogens is 248 g/mol. The van der Waals surface area contributed by atoms with E-state index in [4.69, 9.17) is 0 Å². The molecule has 1 saturated heterocycles. The second-order valence-electron chi connectivity index (χ2n) is 4.18. The van der Waals surface area contributed by atoms with Crippen LogP contribution in [0.4, 0.5) is 0 Å². The molecule has 1 aliphatic rings. The highest BCUT2D eigenvalue weighted by molar-refractivity contribution is 8.20. The molecule has 3 heteroatoms. The number of carbonyl (C=O) groups excluding carboxylic acids is 1. The first-order valence-corrected chi connectivity index (χ1v) is 7.99. The van der Waals surface area contributed by atoms with Crippen LogP contribution in [0.5, 0.6) is 0 Å². The molecule has 1 aromatic rings. The van der Waals surface area contributed by atoms with Gasteiger partial charge in [-0.2, -0.15) is 0 Å². The van der Waals surface area contributed by atoms with Crippen molar-refractivity contribution in [3.63, 3.8) is 0 Å². The zero-order valence-electron chi connectivity index (χ0n) is 9.96. The molecule has 1 aromatic carbocycles. The molecule has 1 unspecified atom stereocenters. The highest BCUT2D eigenvalue weighted by Crippen LogP contribution is 2.39. The van der Waals surface area contributed by atoms with E-state index in [0.29, 0.717) is 10.4 Å². The molecule has 1 heterocycles. The van der Waals surface area contributed by atoms with E-state index < -0.39 is 0 Å². The van der Waals surface area contributed by atoms with Gasteiger partial charge in [-0.15, -0.1) is 23.5 Å². The average molecular weight is 265 g/mol. The number of thioether (sulfide) groups is 2. The fourth-order valence-corrected chi connectivity index (χ4v) is 5.20. The van der Waals surface area contributed by atoms with Gasteiger partial charge in [0.2, 0.25) is 0 Å². The molecule has 17 heavy (non-hydrogen) atoms. The van der Waals surface area contributed by atoms with Crippen LogP contribution >= 0.6 is 23.5 Å². The van der Waals surface area contributed by atoms with Gasteiger partial charge in [-0.25, -0.2) is 0 Å². The quantitative estimate of drug-likeness (QED) is 0.809. The minimum absolute atomic E-state index is 0.174. The number of Topliss-reactive ketones (excluding diaryl/α,β-unsaturated/α-hetero) is 1. The van der Waals surface area contributed by atoms with Gasteiger partial charge in [-0.1, -0.05) is 30.3 Å². The summed E-state index contributed by atoms with van der Waals surface area (Å²) in [6, 6.07) is 10.3. The lowest BCUT2D eigenvalue weighted by Gasteiger charge is -2.19. The number of hydrogen-bond acceptors (Lipinski definition) is 3. The van der Waals surface area contributed by atoms with Crippen molar-refractivity contribution < 1.29 is 4.79 Å². The number of carbonyl (C=O) groups is 1. The molecular formula is C14H17OS2. The first kappa shape index (κ1) is 13.0. The Labute approximate surface area is 112 Å². The van der Waals surface area contributed by atoms with E-state index in [1.807, 2.05) is 41.7 Å². The van der Waals surface area contributed by atoms with E-state index in [1.165, 1.54) is 17.1 Å². The fraction of sp³-hybridized carbons (Fsp3) is 0.429. The van der Waals surface area contributed by atoms with Gasteiger partial charge in [0.15, 0.2) is 0 Å². The third-order valence-corrected chi connectivity index (χ3v) is 6.17. The molecule has 2 rings (SSSR count). The predicted molar refractivity (Wildman–Crippen MR) is 77.3 cm³/mol. The monoisotopic (exact) mass is 265 g/mol. The van der Waals surface area contributed by atoms with Gasteiger partial charge in [-0.3, -0.25) is 4.79 Å². The lowest BCUT2D eigenvalue weighted by atomic mass is 9.98. The smallest absolute Gasteiger partial charge is 0.134 e. The van der Waals surface area contributed by atoms with E-state index in [0.717, 1.165) is 6.42 Å². The van der Waals surface area contributed by atoms with Gasteiger partial charge >= 0.3 is 0 Å². The van der Waals surface area contributed by atoms with Crippen LogP contribution in [0.25, 0.3) is 0 Å². The maximum atomic E-state index is 11.7. The number of benzene rings is 1. The Hall–Kier alpha value is -0.410. The van der Waals surface area contributed by atoms with Crippen molar-refractivity contribution in [2.45, 2.75) is 17.9 Å². The highest BCUT2D eigenvalue weighted by atomic mass is 32.2. The maximum Gasteiger partial charge on any atom is 0.134 e. The first-order valence-electron chi connectivity index (χ1n) is 5.89. The molecule has 91 valence electrons. The van der Waals surface area contributed by atoms with E-state index in [9.17, 15) is 4.79 Å². The Bertz CT molecular complexity index is 358. The van der Waals surface area contributed by atoms with Crippen LogP contribution in [-0.2, 0) is 4.79 Å². The summed E-state index contributed by atoms with van der Waals surface area (Å²) in [6.45, 7) is 1.73. The van der Waals surface area contributed by atoms with Crippen LogP contribution < -0.4 is 0 Å². The Morgan fingerprint density at radius 1 is 1.35 bits per heavy atom. The van der Waals surface area contributed by atoms with Gasteiger partial charge in [0.05, 0.1) is 4.58 Å². The molecule has 0 amide bonds. The standard InChI is InChI=1S/C14H17OS2/c1-11(15)13(14-16-9-10-17-14)8-7-12-5-3-2-4-6-12/h2-7,13-14H,8-10H2,1H3. The second kappa shape index (κ2) is 6.50. The van der Waals surface area contributed by atoms with Crippen molar-refractivity contribution in [2.75, 3.05) is 11.5 Å². The van der Waals surface area contributed by atoms with Crippen LogP contribution in [0.3, 0.4) is 0 Å². The molecule has 0 spiro atoms. The second-order valence-corrected chi connectivity index (χ2v) is 6.97. The molecule has 0 aliphatic carbocycles. The van der Waals surface area contributed by atoms with Crippen molar-refractivity contribution in [1.29, 1.82) is 0 Å². The molecule has 0 bridgehead atoms. The minimum Gasteiger partial charge on any atom is -0.300 e. The van der Waals surface area contributed by atoms with Crippen LogP contribution in [-0.4, -0.2) is 21.9 Å². The molecule has 1 aliphatic heterocycles. The third-order valence-electron chi connectivity index (χ3n) is 2.91. The zero-order valence-corrected chi connectivity index (χ0v) is 11.6. The van der Waals surface area contributed by atoms with Crippen molar-refractivity contribution in [3.05, 3.63) is 42.3 Å². The fourth-order valence-electron chi connectivity index (χ4n) is 1.93. The molecule has 0 N–H and O–H groups in total. The topological polar surface area (TPSA) is 17.1 Å². The molecule has 1 radical (unpaired) electrons. The number of ketones is 1. The summed E-state index contributed by atoms with van der Waals surface area (Å²) >= 11 is 3.87. The van der Waals surface area contributed by atoms with Crippen molar-refractivity contribution >= 4 is 29.3 Å². The summed E-state index contributed by atoms with van der Waals surface area (Å²) < 4.78 is 0.465. The number of rotatable bonds is 5. The van der Waals surface area contributed by atoms with Crippen LogP contribution in [0.1, 0.15) is 18.9 Å². The predicted octanol–water partition coefficient (Wildman–Crippen LogP) is 3.64. The summed E-state index contributed by atoms with van der Waals surface area (Å²) in [5, 5.41) is 0.